The summed E-state index contributed by atoms with van der Waals surface area (Å²) in [5.41, 5.74) is 7.79. The van der Waals surface area contributed by atoms with Gasteiger partial charge in [-0.25, -0.2) is 0 Å². The van der Waals surface area contributed by atoms with E-state index in [4.69, 9.17) is 5.73 Å². The molecule has 1 aliphatic rings. The number of nitrogens with zero attached hydrogens (tertiary/aromatic N) is 2. The zero-order chi connectivity index (χ0) is 14.7. The Morgan fingerprint density at radius 1 is 1.29 bits per heavy atom. The molecule has 0 aliphatic heterocycles. The zero-order valence-corrected chi connectivity index (χ0v) is 12.0. The van der Waals surface area contributed by atoms with Crippen molar-refractivity contribution < 1.29 is 4.79 Å². The molecule has 21 heavy (non-hydrogen) atoms. The van der Waals surface area contributed by atoms with Gasteiger partial charge in [0.15, 0.2) is 0 Å². The van der Waals surface area contributed by atoms with Crippen LogP contribution in [0.2, 0.25) is 0 Å². The normalized spacial score (nSPS) is 17.0. The molecule has 1 atom stereocenters. The van der Waals surface area contributed by atoms with Crippen LogP contribution in [-0.2, 0) is 0 Å². The van der Waals surface area contributed by atoms with Gasteiger partial charge in [-0.2, -0.15) is 0 Å². The molecule has 1 aromatic heterocycles. The van der Waals surface area contributed by atoms with Crippen LogP contribution in [0.4, 0.5) is 0 Å². The molecule has 110 valence electrons. The fourth-order valence-electron chi connectivity index (χ4n) is 3.15. The first-order valence-corrected chi connectivity index (χ1v) is 7.50. The number of para-hydroxylation sites is 1. The minimum Gasteiger partial charge on any atom is -0.348 e. The Kier molecular flexibility index (Phi) is 4.10. The van der Waals surface area contributed by atoms with Gasteiger partial charge in [-0.3, -0.25) is 14.8 Å². The van der Waals surface area contributed by atoms with Gasteiger partial charge in [0.1, 0.15) is 5.52 Å². The Morgan fingerprint density at radius 2 is 2.05 bits per heavy atom. The van der Waals surface area contributed by atoms with Crippen molar-refractivity contribution in [1.82, 2.24) is 15.3 Å². The highest BCUT2D eigenvalue weighted by molar-refractivity contribution is 6.04. The first-order chi connectivity index (χ1) is 10.3. The third-order valence-electron chi connectivity index (χ3n) is 4.28. The van der Waals surface area contributed by atoms with E-state index < -0.39 is 0 Å². The predicted octanol–water partition coefficient (Wildman–Crippen LogP) is 1.88. The highest BCUT2D eigenvalue weighted by Gasteiger charge is 2.26. The number of nitrogens with two attached hydrogens (primary N) is 1. The number of fused-ring (bicyclic) bond motifs is 1. The third-order valence-corrected chi connectivity index (χ3v) is 4.28. The van der Waals surface area contributed by atoms with Crippen LogP contribution in [0, 0.1) is 5.92 Å². The summed E-state index contributed by atoms with van der Waals surface area (Å²) in [4.78, 5) is 21.1. The lowest BCUT2D eigenvalue weighted by Crippen LogP contribution is -2.44. The van der Waals surface area contributed by atoms with Gasteiger partial charge in [0.05, 0.1) is 11.1 Å². The Labute approximate surface area is 124 Å². The van der Waals surface area contributed by atoms with Crippen LogP contribution in [0.15, 0.2) is 30.6 Å². The molecule has 3 N–H and O–H groups in total. The van der Waals surface area contributed by atoms with Gasteiger partial charge in [0, 0.05) is 25.0 Å². The molecule has 0 spiro atoms. The smallest absolute Gasteiger partial charge is 0.253 e. The van der Waals surface area contributed by atoms with Crippen LogP contribution in [0.5, 0.6) is 0 Å². The topological polar surface area (TPSA) is 80.9 Å². The maximum absolute atomic E-state index is 12.6. The van der Waals surface area contributed by atoms with E-state index in [1.807, 2.05) is 12.1 Å². The lowest BCUT2D eigenvalue weighted by atomic mass is 9.97. The summed E-state index contributed by atoms with van der Waals surface area (Å²) in [6.45, 7) is 0.479. The molecule has 2 aromatic rings. The molecule has 3 rings (SSSR count). The van der Waals surface area contributed by atoms with Crippen molar-refractivity contribution in [2.45, 2.75) is 31.7 Å². The maximum Gasteiger partial charge on any atom is 0.253 e. The molecule has 1 heterocycles. The number of hydrogen-bond acceptors (Lipinski definition) is 4. The van der Waals surface area contributed by atoms with Crippen LogP contribution >= 0.6 is 0 Å². The second kappa shape index (κ2) is 6.18. The van der Waals surface area contributed by atoms with Gasteiger partial charge in [-0.1, -0.05) is 18.9 Å². The number of nitrogens with one attached hydrogen (secondary N) is 1. The van der Waals surface area contributed by atoms with Crippen LogP contribution in [-0.4, -0.2) is 28.5 Å². The number of carbonyl (C=O) groups excluding carboxylic acids is 1. The van der Waals surface area contributed by atoms with Crippen molar-refractivity contribution in [1.29, 1.82) is 0 Å². The molecule has 1 fully saturated rings. The molecule has 0 bridgehead atoms. The Hall–Kier alpha value is -2.01. The summed E-state index contributed by atoms with van der Waals surface area (Å²) in [5, 5.41) is 3.09. The van der Waals surface area contributed by atoms with Crippen LogP contribution in [0.3, 0.4) is 0 Å². The molecule has 1 saturated carbocycles. The van der Waals surface area contributed by atoms with E-state index in [1.165, 1.54) is 12.8 Å². The number of rotatable bonds is 4. The minimum absolute atomic E-state index is 0.0481. The third kappa shape index (κ3) is 2.88. The van der Waals surface area contributed by atoms with Crippen molar-refractivity contribution in [2.75, 3.05) is 6.54 Å². The lowest BCUT2D eigenvalue weighted by molar-refractivity contribution is 0.0925. The maximum atomic E-state index is 12.6. The first-order valence-electron chi connectivity index (χ1n) is 7.50. The summed E-state index contributed by atoms with van der Waals surface area (Å²) in [6, 6.07) is 5.52. The lowest BCUT2D eigenvalue weighted by Gasteiger charge is -2.23. The van der Waals surface area contributed by atoms with E-state index in [0.717, 1.165) is 18.4 Å². The summed E-state index contributed by atoms with van der Waals surface area (Å²) in [6.07, 6.45) is 8.00. The summed E-state index contributed by atoms with van der Waals surface area (Å²) in [7, 11) is 0. The summed E-state index contributed by atoms with van der Waals surface area (Å²) in [5.74, 6) is 0.392. The fraction of sp³-hybridized carbons (Fsp3) is 0.438. The van der Waals surface area contributed by atoms with E-state index in [2.05, 4.69) is 15.3 Å². The average molecular weight is 284 g/mol. The molecule has 1 aromatic carbocycles. The SMILES string of the molecule is NCC(NC(=O)c1cccc2nccnc12)C1CCCC1. The number of benzene rings is 1. The zero-order valence-electron chi connectivity index (χ0n) is 12.0. The Balaban J connectivity index is 1.83. The van der Waals surface area contributed by atoms with E-state index in [0.29, 0.717) is 23.5 Å². The molecular weight excluding hydrogens is 264 g/mol. The molecule has 0 radical (unpaired) electrons. The standard InChI is InChI=1S/C16H20N4O/c17-10-14(11-4-1-2-5-11)20-16(21)12-6-3-7-13-15(12)19-9-8-18-13/h3,6-9,11,14H,1-2,4-5,10,17H2,(H,20,21). The first kappa shape index (κ1) is 13.9. The van der Waals surface area contributed by atoms with Gasteiger partial charge >= 0.3 is 0 Å². The van der Waals surface area contributed by atoms with Gasteiger partial charge < -0.3 is 11.1 Å². The van der Waals surface area contributed by atoms with Crippen LogP contribution in [0.1, 0.15) is 36.0 Å². The molecule has 1 aliphatic carbocycles. The second-order valence-electron chi connectivity index (χ2n) is 5.59. The van der Waals surface area contributed by atoms with Crippen LogP contribution < -0.4 is 11.1 Å². The van der Waals surface area contributed by atoms with E-state index in [-0.39, 0.29) is 11.9 Å². The molecule has 5 heteroatoms. The van der Waals surface area contributed by atoms with Gasteiger partial charge in [0.2, 0.25) is 0 Å². The second-order valence-corrected chi connectivity index (χ2v) is 5.59. The van der Waals surface area contributed by atoms with Crippen LogP contribution in [0.25, 0.3) is 11.0 Å². The van der Waals surface area contributed by atoms with E-state index >= 15 is 0 Å². The number of amides is 1. The molecule has 0 saturated heterocycles. The largest absolute Gasteiger partial charge is 0.348 e. The summed E-state index contributed by atoms with van der Waals surface area (Å²) < 4.78 is 0. The average Bonchev–Trinajstić information content (AvgIpc) is 3.06. The van der Waals surface area contributed by atoms with Crippen molar-refractivity contribution in [3.05, 3.63) is 36.2 Å². The summed E-state index contributed by atoms with van der Waals surface area (Å²) >= 11 is 0. The van der Waals surface area contributed by atoms with E-state index in [1.54, 1.807) is 18.5 Å². The molecule has 5 nitrogen and oxygen atoms in total. The van der Waals surface area contributed by atoms with E-state index in [9.17, 15) is 4.79 Å². The fourth-order valence-corrected chi connectivity index (χ4v) is 3.15. The highest BCUT2D eigenvalue weighted by Crippen LogP contribution is 2.27. The van der Waals surface area contributed by atoms with Gasteiger partial charge in [-0.05, 0) is 30.9 Å². The Bertz CT molecular complexity index is 632. The van der Waals surface area contributed by atoms with Gasteiger partial charge in [0.25, 0.3) is 5.91 Å². The number of hydrogen-bond donors (Lipinski definition) is 2. The van der Waals surface area contributed by atoms with Crippen molar-refractivity contribution in [2.24, 2.45) is 11.7 Å². The highest BCUT2D eigenvalue weighted by atomic mass is 16.1. The number of carbonyl (C=O) groups is 1. The minimum atomic E-state index is -0.108. The monoisotopic (exact) mass is 284 g/mol. The van der Waals surface area contributed by atoms with Crippen molar-refractivity contribution >= 4 is 16.9 Å². The Morgan fingerprint density at radius 3 is 2.81 bits per heavy atom. The van der Waals surface area contributed by atoms with Crippen molar-refractivity contribution in [3.63, 3.8) is 0 Å². The quantitative estimate of drug-likeness (QED) is 0.898. The molecule has 1 amide bonds. The van der Waals surface area contributed by atoms with Crippen molar-refractivity contribution in [3.8, 4) is 0 Å². The molecular formula is C16H20N4O. The van der Waals surface area contributed by atoms with Gasteiger partial charge in [-0.15, -0.1) is 0 Å². The molecule has 1 unspecified atom stereocenters. The predicted molar refractivity (Wildman–Crippen MR) is 81.8 cm³/mol. The number of aromatic nitrogens is 2.